The van der Waals surface area contributed by atoms with E-state index in [9.17, 15) is 0 Å². The van der Waals surface area contributed by atoms with Crippen LogP contribution in [0.5, 0.6) is 0 Å². The molecule has 5 heteroatoms. The van der Waals surface area contributed by atoms with E-state index < -0.39 is 0 Å². The molecule has 2 aromatic heterocycles. The predicted molar refractivity (Wildman–Crippen MR) is 76.1 cm³/mol. The zero-order valence-electron chi connectivity index (χ0n) is 12.0. The van der Waals surface area contributed by atoms with Crippen molar-refractivity contribution in [2.75, 3.05) is 6.54 Å². The van der Waals surface area contributed by atoms with Gasteiger partial charge in [0.25, 0.3) is 0 Å². The molecule has 0 saturated heterocycles. The van der Waals surface area contributed by atoms with Crippen LogP contribution >= 0.6 is 0 Å². The van der Waals surface area contributed by atoms with Crippen molar-refractivity contribution in [1.82, 2.24) is 15.1 Å². The van der Waals surface area contributed by atoms with E-state index in [0.29, 0.717) is 24.2 Å². The molecule has 2 unspecified atom stereocenters. The summed E-state index contributed by atoms with van der Waals surface area (Å²) in [6.07, 6.45) is 3.45. The average molecular weight is 272 g/mol. The van der Waals surface area contributed by atoms with Crippen molar-refractivity contribution < 1.29 is 4.52 Å². The van der Waals surface area contributed by atoms with Crippen LogP contribution in [-0.4, -0.2) is 21.7 Å². The lowest BCUT2D eigenvalue weighted by atomic mass is 9.96. The van der Waals surface area contributed by atoms with Crippen molar-refractivity contribution in [2.24, 2.45) is 11.7 Å². The SMILES string of the molecule is Cc1cc(-c2noc(C3CCCC3CN)n2)cc(C)n1. The first-order chi connectivity index (χ1) is 9.67. The summed E-state index contributed by atoms with van der Waals surface area (Å²) in [7, 11) is 0. The summed E-state index contributed by atoms with van der Waals surface area (Å²) in [6, 6.07) is 3.97. The van der Waals surface area contributed by atoms with E-state index in [1.165, 1.54) is 6.42 Å². The van der Waals surface area contributed by atoms with Gasteiger partial charge >= 0.3 is 0 Å². The van der Waals surface area contributed by atoms with E-state index >= 15 is 0 Å². The molecule has 1 fully saturated rings. The molecule has 1 saturated carbocycles. The van der Waals surface area contributed by atoms with Crippen molar-refractivity contribution in [3.63, 3.8) is 0 Å². The summed E-state index contributed by atoms with van der Waals surface area (Å²) in [4.78, 5) is 8.95. The number of rotatable bonds is 3. The molecule has 20 heavy (non-hydrogen) atoms. The Hall–Kier alpha value is -1.75. The van der Waals surface area contributed by atoms with Gasteiger partial charge in [0.15, 0.2) is 0 Å². The van der Waals surface area contributed by atoms with Gasteiger partial charge < -0.3 is 10.3 Å². The van der Waals surface area contributed by atoms with Crippen LogP contribution in [0.1, 0.15) is 42.5 Å². The van der Waals surface area contributed by atoms with Crippen LogP contribution in [0, 0.1) is 19.8 Å². The Balaban J connectivity index is 1.90. The first kappa shape index (κ1) is 13.2. The third kappa shape index (κ3) is 2.45. The average Bonchev–Trinajstić information content (AvgIpc) is 3.06. The zero-order valence-corrected chi connectivity index (χ0v) is 12.0. The van der Waals surface area contributed by atoms with Crippen molar-refractivity contribution in [2.45, 2.75) is 39.0 Å². The lowest BCUT2D eigenvalue weighted by Crippen LogP contribution is -2.17. The van der Waals surface area contributed by atoms with Crippen LogP contribution in [-0.2, 0) is 0 Å². The first-order valence-corrected chi connectivity index (χ1v) is 7.16. The van der Waals surface area contributed by atoms with Crippen LogP contribution in [0.3, 0.4) is 0 Å². The quantitative estimate of drug-likeness (QED) is 0.929. The monoisotopic (exact) mass is 272 g/mol. The van der Waals surface area contributed by atoms with Crippen molar-refractivity contribution >= 4 is 0 Å². The molecule has 2 N–H and O–H groups in total. The molecule has 2 atom stereocenters. The van der Waals surface area contributed by atoms with E-state index in [0.717, 1.165) is 35.7 Å². The highest BCUT2D eigenvalue weighted by Crippen LogP contribution is 2.38. The van der Waals surface area contributed by atoms with Gasteiger partial charge in [0.05, 0.1) is 0 Å². The summed E-state index contributed by atoms with van der Waals surface area (Å²) in [5, 5.41) is 4.13. The highest BCUT2D eigenvalue weighted by molar-refractivity contribution is 5.55. The highest BCUT2D eigenvalue weighted by Gasteiger charge is 2.32. The summed E-state index contributed by atoms with van der Waals surface area (Å²) in [5.74, 6) is 2.19. The zero-order chi connectivity index (χ0) is 14.1. The minimum absolute atomic E-state index is 0.324. The minimum atomic E-state index is 0.324. The van der Waals surface area contributed by atoms with E-state index in [2.05, 4.69) is 15.1 Å². The van der Waals surface area contributed by atoms with Crippen molar-refractivity contribution in [3.8, 4) is 11.4 Å². The Bertz CT molecular complexity index is 587. The van der Waals surface area contributed by atoms with E-state index in [1.54, 1.807) is 0 Å². The first-order valence-electron chi connectivity index (χ1n) is 7.16. The fourth-order valence-corrected chi connectivity index (χ4v) is 3.11. The van der Waals surface area contributed by atoms with Crippen molar-refractivity contribution in [1.29, 1.82) is 0 Å². The molecule has 1 aliphatic carbocycles. The lowest BCUT2D eigenvalue weighted by Gasteiger charge is -2.12. The van der Waals surface area contributed by atoms with Gasteiger partial charge in [0.2, 0.25) is 11.7 Å². The molecule has 0 aliphatic heterocycles. The summed E-state index contributed by atoms with van der Waals surface area (Å²) < 4.78 is 5.48. The third-order valence-electron chi connectivity index (χ3n) is 4.06. The van der Waals surface area contributed by atoms with Crippen molar-refractivity contribution in [3.05, 3.63) is 29.4 Å². The second-order valence-electron chi connectivity index (χ2n) is 5.63. The molecule has 5 nitrogen and oxygen atoms in total. The Morgan fingerprint density at radius 1 is 1.20 bits per heavy atom. The number of aryl methyl sites for hydroxylation is 2. The summed E-state index contributed by atoms with van der Waals surface area (Å²) >= 11 is 0. The number of pyridine rings is 1. The summed E-state index contributed by atoms with van der Waals surface area (Å²) in [6.45, 7) is 4.63. The number of nitrogens with zero attached hydrogens (tertiary/aromatic N) is 3. The molecule has 0 bridgehead atoms. The van der Waals surface area contributed by atoms with Gasteiger partial charge in [-0.05, 0) is 51.3 Å². The number of aromatic nitrogens is 3. The normalized spacial score (nSPS) is 22.4. The van der Waals surface area contributed by atoms with Crippen LogP contribution in [0.25, 0.3) is 11.4 Å². The van der Waals surface area contributed by atoms with Gasteiger partial charge in [-0.2, -0.15) is 4.98 Å². The smallest absolute Gasteiger partial charge is 0.230 e. The molecule has 3 rings (SSSR count). The minimum Gasteiger partial charge on any atom is -0.339 e. The fraction of sp³-hybridized carbons (Fsp3) is 0.533. The third-order valence-corrected chi connectivity index (χ3v) is 4.06. The number of hydrogen-bond acceptors (Lipinski definition) is 5. The van der Waals surface area contributed by atoms with Gasteiger partial charge in [-0.3, -0.25) is 4.98 Å². The standard InChI is InChI=1S/C15H20N4O/c1-9-6-12(7-10(2)17-9)14-18-15(20-19-14)13-5-3-4-11(13)8-16/h6-7,11,13H,3-5,8,16H2,1-2H3. The second kappa shape index (κ2) is 5.32. The van der Waals surface area contributed by atoms with Gasteiger partial charge in [0, 0.05) is 22.9 Å². The number of nitrogens with two attached hydrogens (primary N) is 1. The van der Waals surface area contributed by atoms with Crippen LogP contribution < -0.4 is 5.73 Å². The highest BCUT2D eigenvalue weighted by atomic mass is 16.5. The Morgan fingerprint density at radius 3 is 2.65 bits per heavy atom. The molecular weight excluding hydrogens is 252 g/mol. The lowest BCUT2D eigenvalue weighted by molar-refractivity contribution is 0.326. The van der Waals surface area contributed by atoms with E-state index in [4.69, 9.17) is 10.3 Å². The fourth-order valence-electron chi connectivity index (χ4n) is 3.11. The molecule has 1 aliphatic rings. The van der Waals surface area contributed by atoms with Gasteiger partial charge in [-0.1, -0.05) is 11.6 Å². The molecule has 0 spiro atoms. The maximum atomic E-state index is 5.82. The van der Waals surface area contributed by atoms with E-state index in [1.807, 2.05) is 26.0 Å². The van der Waals surface area contributed by atoms with Gasteiger partial charge in [-0.25, -0.2) is 0 Å². The largest absolute Gasteiger partial charge is 0.339 e. The molecule has 0 aromatic carbocycles. The van der Waals surface area contributed by atoms with Crippen LogP contribution in [0.4, 0.5) is 0 Å². The van der Waals surface area contributed by atoms with E-state index in [-0.39, 0.29) is 0 Å². The Kier molecular flexibility index (Phi) is 3.53. The summed E-state index contributed by atoms with van der Waals surface area (Å²) in [5.41, 5.74) is 8.72. The number of hydrogen-bond donors (Lipinski definition) is 1. The maximum Gasteiger partial charge on any atom is 0.230 e. The molecular formula is C15H20N4O. The predicted octanol–water partition coefficient (Wildman–Crippen LogP) is 2.59. The molecule has 0 amide bonds. The Labute approximate surface area is 118 Å². The second-order valence-corrected chi connectivity index (χ2v) is 5.63. The topological polar surface area (TPSA) is 77.8 Å². The Morgan fingerprint density at radius 2 is 1.95 bits per heavy atom. The van der Waals surface area contributed by atoms with Crippen LogP contribution in [0.15, 0.2) is 16.7 Å². The molecule has 2 aromatic rings. The molecule has 106 valence electrons. The maximum absolute atomic E-state index is 5.82. The van der Waals surface area contributed by atoms with Gasteiger partial charge in [0.1, 0.15) is 0 Å². The molecule has 2 heterocycles. The van der Waals surface area contributed by atoms with Gasteiger partial charge in [-0.15, -0.1) is 0 Å². The van der Waals surface area contributed by atoms with Crippen LogP contribution in [0.2, 0.25) is 0 Å². The molecule has 0 radical (unpaired) electrons.